The summed E-state index contributed by atoms with van der Waals surface area (Å²) >= 11 is 0. The first-order valence-corrected chi connectivity index (χ1v) is 4.65. The van der Waals surface area contributed by atoms with E-state index in [0.717, 1.165) is 0 Å². The molecule has 0 aromatic carbocycles. The Hall–Kier alpha value is -0.120. The number of hydrogen-bond donors (Lipinski definition) is 0. The predicted molar refractivity (Wildman–Crippen MR) is 50.2 cm³/mol. The highest BCUT2D eigenvalue weighted by atomic mass is 16.9. The predicted octanol–water partition coefficient (Wildman–Crippen LogP) is 2.01. The van der Waals surface area contributed by atoms with Gasteiger partial charge in [-0.2, -0.15) is 0 Å². The first-order valence-electron chi connectivity index (χ1n) is 4.65. The quantitative estimate of drug-likeness (QED) is 0.620. The van der Waals surface area contributed by atoms with Gasteiger partial charge in [-0.05, 0) is 5.41 Å². The van der Waals surface area contributed by atoms with Crippen LogP contribution in [0.3, 0.4) is 0 Å². The Kier molecular flexibility index (Phi) is 2.72. The Morgan fingerprint density at radius 3 is 1.85 bits per heavy atom. The summed E-state index contributed by atoms with van der Waals surface area (Å²) in [6.45, 7) is 8.56. The molecule has 1 aliphatic heterocycles. The van der Waals surface area contributed by atoms with E-state index in [0.29, 0.717) is 0 Å². The Morgan fingerprint density at radius 1 is 1.15 bits per heavy atom. The lowest BCUT2D eigenvalue weighted by Gasteiger charge is -2.54. The van der Waals surface area contributed by atoms with Gasteiger partial charge in [0, 0.05) is 14.2 Å². The van der Waals surface area contributed by atoms with E-state index in [-0.39, 0.29) is 17.4 Å². The second kappa shape index (κ2) is 3.23. The van der Waals surface area contributed by atoms with E-state index >= 15 is 0 Å². The van der Waals surface area contributed by atoms with Gasteiger partial charge in [0.05, 0.1) is 12.0 Å². The lowest BCUT2D eigenvalue weighted by atomic mass is 9.77. The summed E-state index contributed by atoms with van der Waals surface area (Å²) in [4.78, 5) is 0. The minimum atomic E-state index is -0.808. The monoisotopic (exact) mass is 188 g/mol. The third-order valence-corrected chi connectivity index (χ3v) is 2.73. The van der Waals surface area contributed by atoms with Crippen molar-refractivity contribution < 1.29 is 14.2 Å². The van der Waals surface area contributed by atoms with Crippen molar-refractivity contribution in [1.82, 2.24) is 0 Å². The third kappa shape index (κ3) is 1.60. The zero-order chi connectivity index (χ0) is 10.3. The molecule has 0 spiro atoms. The van der Waals surface area contributed by atoms with Crippen molar-refractivity contribution in [1.29, 1.82) is 0 Å². The second-order valence-electron chi connectivity index (χ2n) is 4.70. The highest BCUT2D eigenvalue weighted by Crippen LogP contribution is 2.47. The fourth-order valence-electron chi connectivity index (χ4n) is 1.98. The zero-order valence-electron chi connectivity index (χ0n) is 9.38. The summed E-state index contributed by atoms with van der Waals surface area (Å²) in [5, 5.41) is 0. The molecule has 0 bridgehead atoms. The van der Waals surface area contributed by atoms with Crippen LogP contribution in [0.25, 0.3) is 0 Å². The lowest BCUT2D eigenvalue weighted by molar-refractivity contribution is -0.489. The number of hydrogen-bond acceptors (Lipinski definition) is 3. The zero-order valence-corrected chi connectivity index (χ0v) is 9.38. The van der Waals surface area contributed by atoms with Crippen molar-refractivity contribution in [3.05, 3.63) is 0 Å². The van der Waals surface area contributed by atoms with Crippen LogP contribution < -0.4 is 0 Å². The minimum Gasteiger partial charge on any atom is -0.331 e. The topological polar surface area (TPSA) is 27.7 Å². The van der Waals surface area contributed by atoms with Crippen molar-refractivity contribution >= 4 is 0 Å². The molecule has 13 heavy (non-hydrogen) atoms. The van der Waals surface area contributed by atoms with E-state index in [1.165, 1.54) is 0 Å². The Balaban J connectivity index is 2.65. The third-order valence-electron chi connectivity index (χ3n) is 2.73. The van der Waals surface area contributed by atoms with E-state index in [1.807, 2.05) is 0 Å². The van der Waals surface area contributed by atoms with Gasteiger partial charge in [0.1, 0.15) is 0 Å². The summed E-state index contributed by atoms with van der Waals surface area (Å²) in [6, 6.07) is 0. The summed E-state index contributed by atoms with van der Waals surface area (Å²) < 4.78 is 16.1. The molecule has 3 nitrogen and oxygen atoms in total. The standard InChI is InChI=1S/C10H20O3/c1-7-8(9(2,3)4)13-10(7,11-5)12-6/h7-8H,1-6H3. The van der Waals surface area contributed by atoms with Gasteiger partial charge >= 0.3 is 0 Å². The van der Waals surface area contributed by atoms with Gasteiger partial charge in [0.25, 0.3) is 5.97 Å². The van der Waals surface area contributed by atoms with Crippen LogP contribution in [0.15, 0.2) is 0 Å². The maximum atomic E-state index is 5.66. The molecule has 0 radical (unpaired) electrons. The maximum absolute atomic E-state index is 5.66. The van der Waals surface area contributed by atoms with Crippen LogP contribution in [0.2, 0.25) is 0 Å². The second-order valence-corrected chi connectivity index (χ2v) is 4.70. The van der Waals surface area contributed by atoms with Gasteiger partial charge in [-0.25, -0.2) is 0 Å². The van der Waals surface area contributed by atoms with E-state index in [9.17, 15) is 0 Å². The van der Waals surface area contributed by atoms with Gasteiger partial charge in [-0.3, -0.25) is 0 Å². The molecule has 1 rings (SSSR count). The molecule has 0 aliphatic carbocycles. The molecule has 0 aromatic heterocycles. The van der Waals surface area contributed by atoms with Crippen molar-refractivity contribution in [2.24, 2.45) is 11.3 Å². The van der Waals surface area contributed by atoms with Crippen LogP contribution in [0, 0.1) is 11.3 Å². The number of methoxy groups -OCH3 is 2. The minimum absolute atomic E-state index is 0.139. The maximum Gasteiger partial charge on any atom is 0.287 e. The summed E-state index contributed by atoms with van der Waals surface area (Å²) in [5.74, 6) is -0.541. The molecule has 0 N–H and O–H groups in total. The van der Waals surface area contributed by atoms with Crippen LogP contribution in [-0.2, 0) is 14.2 Å². The molecule has 2 atom stereocenters. The van der Waals surface area contributed by atoms with E-state index in [1.54, 1.807) is 14.2 Å². The summed E-state index contributed by atoms with van der Waals surface area (Å²) in [7, 11) is 3.22. The molecule has 0 amide bonds. The van der Waals surface area contributed by atoms with Gasteiger partial charge < -0.3 is 14.2 Å². The Bertz CT molecular complexity index is 179. The van der Waals surface area contributed by atoms with Gasteiger partial charge in [-0.15, -0.1) is 0 Å². The largest absolute Gasteiger partial charge is 0.331 e. The fourth-order valence-corrected chi connectivity index (χ4v) is 1.98. The summed E-state index contributed by atoms with van der Waals surface area (Å²) in [5.41, 5.74) is 0.139. The van der Waals surface area contributed by atoms with Crippen LogP contribution in [0.4, 0.5) is 0 Å². The highest BCUT2D eigenvalue weighted by Gasteiger charge is 2.58. The number of ether oxygens (including phenoxy) is 3. The first-order chi connectivity index (χ1) is 5.87. The fraction of sp³-hybridized carbons (Fsp3) is 1.00. The van der Waals surface area contributed by atoms with Crippen LogP contribution in [0.1, 0.15) is 27.7 Å². The van der Waals surface area contributed by atoms with Crippen molar-refractivity contribution in [2.75, 3.05) is 14.2 Å². The average molecular weight is 188 g/mol. The molecule has 0 saturated carbocycles. The molecule has 1 heterocycles. The molecule has 2 unspecified atom stereocenters. The molecular weight excluding hydrogens is 168 g/mol. The molecule has 1 saturated heterocycles. The van der Waals surface area contributed by atoms with Gasteiger partial charge in [-0.1, -0.05) is 27.7 Å². The SMILES string of the molecule is COC1(OC)OC(C(C)(C)C)C1C. The van der Waals surface area contributed by atoms with Crippen LogP contribution in [0.5, 0.6) is 0 Å². The highest BCUT2D eigenvalue weighted by molar-refractivity contribution is 4.93. The van der Waals surface area contributed by atoms with Crippen molar-refractivity contribution in [3.63, 3.8) is 0 Å². The molecule has 1 aliphatic rings. The van der Waals surface area contributed by atoms with Gasteiger partial charge in [0.2, 0.25) is 0 Å². The summed E-state index contributed by atoms with van der Waals surface area (Å²) in [6.07, 6.45) is 0.201. The van der Waals surface area contributed by atoms with E-state index < -0.39 is 5.97 Å². The number of rotatable bonds is 2. The van der Waals surface area contributed by atoms with Crippen LogP contribution >= 0.6 is 0 Å². The Morgan fingerprint density at radius 2 is 1.62 bits per heavy atom. The lowest BCUT2D eigenvalue weighted by Crippen LogP contribution is -2.64. The van der Waals surface area contributed by atoms with Crippen LogP contribution in [-0.4, -0.2) is 26.3 Å². The smallest absolute Gasteiger partial charge is 0.287 e. The molecule has 78 valence electrons. The van der Waals surface area contributed by atoms with E-state index in [2.05, 4.69) is 27.7 Å². The molecular formula is C10H20O3. The van der Waals surface area contributed by atoms with E-state index in [4.69, 9.17) is 14.2 Å². The molecule has 1 fully saturated rings. The Labute approximate surface area is 80.4 Å². The first kappa shape index (κ1) is 11.0. The normalized spacial score (nSPS) is 32.8. The van der Waals surface area contributed by atoms with Crippen molar-refractivity contribution in [2.45, 2.75) is 39.8 Å². The van der Waals surface area contributed by atoms with Crippen molar-refractivity contribution in [3.8, 4) is 0 Å². The average Bonchev–Trinajstić information content (AvgIpc) is 2.02. The molecule has 3 heteroatoms. The molecule has 0 aromatic rings. The van der Waals surface area contributed by atoms with Gasteiger partial charge in [0.15, 0.2) is 0 Å².